The lowest BCUT2D eigenvalue weighted by molar-refractivity contribution is -0.856. The Morgan fingerprint density at radius 1 is 1.15 bits per heavy atom. The first-order valence-electron chi connectivity index (χ1n) is 9.18. The summed E-state index contributed by atoms with van der Waals surface area (Å²) in [6.07, 6.45) is 0. The third kappa shape index (κ3) is 4.65. The van der Waals surface area contributed by atoms with E-state index in [-0.39, 0.29) is 17.7 Å². The number of halogens is 1. The molecule has 0 atom stereocenters. The summed E-state index contributed by atoms with van der Waals surface area (Å²) in [6, 6.07) is 7.56. The van der Waals surface area contributed by atoms with Crippen LogP contribution in [0.25, 0.3) is 5.69 Å². The fourth-order valence-electron chi connectivity index (χ4n) is 2.91. The maximum Gasteiger partial charge on any atom is 0.255 e. The van der Waals surface area contributed by atoms with Gasteiger partial charge < -0.3 is 10.2 Å². The van der Waals surface area contributed by atoms with Gasteiger partial charge in [0.25, 0.3) is 5.91 Å². The molecular weight excluding hydrogens is 348 g/mol. The van der Waals surface area contributed by atoms with Crippen LogP contribution in [0.4, 0.5) is 0 Å². The Balaban J connectivity index is 2.51. The van der Waals surface area contributed by atoms with Crippen molar-refractivity contribution in [2.45, 2.75) is 39.5 Å². The molecule has 2 N–H and O–H groups in total. The minimum Gasteiger partial charge on any atom is -0.346 e. The summed E-state index contributed by atoms with van der Waals surface area (Å²) < 4.78 is 1.89. The average molecular weight is 378 g/mol. The van der Waals surface area contributed by atoms with E-state index in [0.29, 0.717) is 17.1 Å². The van der Waals surface area contributed by atoms with E-state index in [9.17, 15) is 4.79 Å². The predicted octanol–water partition coefficient (Wildman–Crippen LogP) is 2.65. The van der Waals surface area contributed by atoms with Gasteiger partial charge in [-0.25, -0.2) is 4.68 Å². The highest BCUT2D eigenvalue weighted by atomic mass is 35.5. The molecule has 0 bridgehead atoms. The van der Waals surface area contributed by atoms with Gasteiger partial charge in [0.2, 0.25) is 0 Å². The number of carbonyl (C=O) groups is 1. The zero-order chi connectivity index (χ0) is 19.4. The van der Waals surface area contributed by atoms with Gasteiger partial charge in [0, 0.05) is 5.02 Å². The second-order valence-corrected chi connectivity index (χ2v) is 7.99. The van der Waals surface area contributed by atoms with Crippen LogP contribution < -0.4 is 10.2 Å². The van der Waals surface area contributed by atoms with Gasteiger partial charge in [-0.3, -0.25) is 4.79 Å². The standard InChI is InChI=1S/C20H29ClN4O/c1-13(2)18-17(20(26)22-11-12-24(5)6)19(14(3)4)25(23-18)16-9-7-15(21)8-10-16/h7-10,13-14H,11-12H2,1-6H3,(H,22,26)/p+1. The maximum absolute atomic E-state index is 13.0. The van der Waals surface area contributed by atoms with Crippen LogP contribution in [0.5, 0.6) is 0 Å². The molecule has 1 aromatic heterocycles. The molecule has 5 nitrogen and oxygen atoms in total. The SMILES string of the molecule is CC(C)c1nn(-c2ccc(Cl)cc2)c(C(C)C)c1C(=O)NCC[NH+](C)C. The molecule has 0 spiro atoms. The van der Waals surface area contributed by atoms with Crippen molar-refractivity contribution in [3.05, 3.63) is 46.2 Å². The van der Waals surface area contributed by atoms with Crippen LogP contribution in [0.1, 0.15) is 61.3 Å². The Labute approximate surface area is 161 Å². The smallest absolute Gasteiger partial charge is 0.255 e. The number of quaternary nitrogens is 1. The highest BCUT2D eigenvalue weighted by Gasteiger charge is 2.27. The molecule has 0 radical (unpaired) electrons. The zero-order valence-electron chi connectivity index (χ0n) is 16.6. The van der Waals surface area contributed by atoms with Crippen LogP contribution >= 0.6 is 11.6 Å². The molecule has 6 heteroatoms. The van der Waals surface area contributed by atoms with E-state index in [4.69, 9.17) is 16.7 Å². The number of benzene rings is 1. The molecule has 0 saturated carbocycles. The molecule has 0 aliphatic rings. The highest BCUT2D eigenvalue weighted by Crippen LogP contribution is 2.30. The lowest BCUT2D eigenvalue weighted by Crippen LogP contribution is -3.06. The summed E-state index contributed by atoms with van der Waals surface area (Å²) in [5.74, 6) is 0.269. The molecule has 0 aliphatic heterocycles. The van der Waals surface area contributed by atoms with E-state index in [2.05, 4.69) is 47.1 Å². The summed E-state index contributed by atoms with van der Waals surface area (Å²) in [7, 11) is 4.15. The molecule has 1 heterocycles. The van der Waals surface area contributed by atoms with Gasteiger partial charge >= 0.3 is 0 Å². The lowest BCUT2D eigenvalue weighted by Gasteiger charge is -2.14. The molecule has 0 aliphatic carbocycles. The third-order valence-corrected chi connectivity index (χ3v) is 4.50. The normalized spacial score (nSPS) is 11.6. The van der Waals surface area contributed by atoms with Gasteiger partial charge in [-0.05, 0) is 36.1 Å². The summed E-state index contributed by atoms with van der Waals surface area (Å²) in [5, 5.41) is 8.54. The number of carbonyl (C=O) groups excluding carboxylic acids is 1. The minimum atomic E-state index is -0.0427. The fourth-order valence-corrected chi connectivity index (χ4v) is 3.04. The molecular formula is C20H30ClN4O+. The van der Waals surface area contributed by atoms with Crippen molar-refractivity contribution in [3.8, 4) is 5.69 Å². The summed E-state index contributed by atoms with van der Waals surface area (Å²) in [5.41, 5.74) is 3.39. The quantitative estimate of drug-likeness (QED) is 0.779. The van der Waals surface area contributed by atoms with Crippen LogP contribution in [0.3, 0.4) is 0 Å². The molecule has 26 heavy (non-hydrogen) atoms. The van der Waals surface area contributed by atoms with Crippen LogP contribution in [-0.2, 0) is 0 Å². The number of likely N-dealkylation sites (N-methyl/N-ethyl adjacent to an activating group) is 1. The van der Waals surface area contributed by atoms with E-state index in [0.717, 1.165) is 23.6 Å². The Morgan fingerprint density at radius 3 is 2.27 bits per heavy atom. The first-order chi connectivity index (χ1) is 12.2. The molecule has 1 aromatic carbocycles. The van der Waals surface area contributed by atoms with Crippen LogP contribution in [0.2, 0.25) is 5.02 Å². The van der Waals surface area contributed by atoms with Crippen molar-refractivity contribution in [3.63, 3.8) is 0 Å². The Morgan fingerprint density at radius 2 is 1.77 bits per heavy atom. The van der Waals surface area contributed by atoms with Crippen LogP contribution in [-0.4, -0.2) is 42.9 Å². The lowest BCUT2D eigenvalue weighted by atomic mass is 9.98. The zero-order valence-corrected chi connectivity index (χ0v) is 17.3. The number of hydrogen-bond acceptors (Lipinski definition) is 2. The van der Waals surface area contributed by atoms with E-state index in [1.54, 1.807) is 0 Å². The van der Waals surface area contributed by atoms with Crippen LogP contribution in [0.15, 0.2) is 24.3 Å². The summed E-state index contributed by atoms with van der Waals surface area (Å²) in [4.78, 5) is 14.3. The highest BCUT2D eigenvalue weighted by molar-refractivity contribution is 6.30. The van der Waals surface area contributed by atoms with Gasteiger partial charge in [0.1, 0.15) is 0 Å². The Bertz CT molecular complexity index is 748. The maximum atomic E-state index is 13.0. The number of hydrogen-bond donors (Lipinski definition) is 2. The molecule has 2 rings (SSSR count). The first kappa shape index (κ1) is 20.5. The number of nitrogens with one attached hydrogen (secondary N) is 2. The fraction of sp³-hybridized carbons (Fsp3) is 0.500. The average Bonchev–Trinajstić information content (AvgIpc) is 2.96. The summed E-state index contributed by atoms with van der Waals surface area (Å²) >= 11 is 6.03. The van der Waals surface area contributed by atoms with Gasteiger partial charge in [0.15, 0.2) is 0 Å². The van der Waals surface area contributed by atoms with E-state index in [1.807, 2.05) is 28.9 Å². The molecule has 0 fully saturated rings. The number of amides is 1. The first-order valence-corrected chi connectivity index (χ1v) is 9.56. The van der Waals surface area contributed by atoms with E-state index >= 15 is 0 Å². The van der Waals surface area contributed by atoms with Crippen molar-refractivity contribution < 1.29 is 9.69 Å². The molecule has 0 unspecified atom stereocenters. The summed E-state index contributed by atoms with van der Waals surface area (Å²) in [6.45, 7) is 9.84. The van der Waals surface area contributed by atoms with Gasteiger partial charge in [-0.1, -0.05) is 39.3 Å². The second-order valence-electron chi connectivity index (χ2n) is 7.56. The Hall–Kier alpha value is -1.85. The topological polar surface area (TPSA) is 51.4 Å². The molecule has 142 valence electrons. The van der Waals surface area contributed by atoms with Gasteiger partial charge in [-0.2, -0.15) is 5.10 Å². The molecule has 2 aromatic rings. The van der Waals surface area contributed by atoms with Crippen molar-refractivity contribution in [2.75, 3.05) is 27.2 Å². The van der Waals surface area contributed by atoms with Crippen molar-refractivity contribution in [1.82, 2.24) is 15.1 Å². The minimum absolute atomic E-state index is 0.0427. The second kappa shape index (κ2) is 8.69. The number of nitrogens with zero attached hydrogens (tertiary/aromatic N) is 2. The number of aromatic nitrogens is 2. The molecule has 0 saturated heterocycles. The third-order valence-electron chi connectivity index (χ3n) is 4.25. The van der Waals surface area contributed by atoms with Crippen molar-refractivity contribution >= 4 is 17.5 Å². The Kier molecular flexibility index (Phi) is 6.84. The monoisotopic (exact) mass is 377 g/mol. The largest absolute Gasteiger partial charge is 0.346 e. The van der Waals surface area contributed by atoms with Gasteiger partial charge in [0.05, 0.1) is 49.8 Å². The van der Waals surface area contributed by atoms with Crippen LogP contribution in [0, 0.1) is 0 Å². The van der Waals surface area contributed by atoms with E-state index in [1.165, 1.54) is 4.90 Å². The van der Waals surface area contributed by atoms with Gasteiger partial charge in [-0.15, -0.1) is 0 Å². The van der Waals surface area contributed by atoms with E-state index < -0.39 is 0 Å². The molecule has 1 amide bonds. The predicted molar refractivity (Wildman–Crippen MR) is 107 cm³/mol. The van der Waals surface area contributed by atoms with Crippen molar-refractivity contribution in [2.24, 2.45) is 0 Å². The number of rotatable bonds is 7. The van der Waals surface area contributed by atoms with Crippen molar-refractivity contribution in [1.29, 1.82) is 0 Å².